The molecule has 5 nitrogen and oxygen atoms in total. The Morgan fingerprint density at radius 3 is 2.39 bits per heavy atom. The molecule has 5 rings (SSSR count). The van der Waals surface area contributed by atoms with Crippen molar-refractivity contribution in [1.29, 1.82) is 0 Å². The number of piperidine rings is 1. The molecule has 1 amide bonds. The van der Waals surface area contributed by atoms with Crippen LogP contribution in [-0.2, 0) is 4.79 Å². The number of hydrogen-bond donors (Lipinski definition) is 2. The van der Waals surface area contributed by atoms with Gasteiger partial charge in [-0.25, -0.2) is 0 Å². The van der Waals surface area contributed by atoms with Crippen LogP contribution >= 0.6 is 0 Å². The minimum Gasteiger partial charge on any atom is -0.354 e. The van der Waals surface area contributed by atoms with E-state index < -0.39 is 0 Å². The van der Waals surface area contributed by atoms with E-state index in [1.54, 1.807) is 0 Å². The average molecular weight is 487 g/mol. The van der Waals surface area contributed by atoms with E-state index in [4.69, 9.17) is 0 Å². The Morgan fingerprint density at radius 2 is 1.72 bits per heavy atom. The number of amides is 1. The second-order valence-electron chi connectivity index (χ2n) is 11.5. The quantitative estimate of drug-likeness (QED) is 0.413. The Balaban J connectivity index is 1.29. The molecule has 0 spiro atoms. The van der Waals surface area contributed by atoms with Crippen molar-refractivity contribution in [3.8, 4) is 11.3 Å². The summed E-state index contributed by atoms with van der Waals surface area (Å²) in [6, 6.07) is 11.8. The van der Waals surface area contributed by atoms with E-state index in [0.717, 1.165) is 50.2 Å². The van der Waals surface area contributed by atoms with Crippen molar-refractivity contribution < 1.29 is 4.79 Å². The molecule has 3 heterocycles. The number of aromatic amines is 1. The second-order valence-corrected chi connectivity index (χ2v) is 11.5. The number of pyridine rings is 1. The van der Waals surface area contributed by atoms with E-state index in [1.165, 1.54) is 52.5 Å². The van der Waals surface area contributed by atoms with Crippen molar-refractivity contribution >= 4 is 16.8 Å². The maximum absolute atomic E-state index is 12.6. The summed E-state index contributed by atoms with van der Waals surface area (Å²) >= 11 is 0. The average Bonchev–Trinajstić information content (AvgIpc) is 3.24. The Hall–Kier alpha value is -2.66. The molecule has 1 saturated heterocycles. The molecule has 192 valence electrons. The molecule has 0 radical (unpaired) electrons. The number of rotatable bonds is 6. The zero-order valence-electron chi connectivity index (χ0n) is 22.5. The number of aryl methyl sites for hydroxylation is 2. The number of likely N-dealkylation sites (tertiary alicyclic amines) is 1. The molecule has 3 aromatic rings. The lowest BCUT2D eigenvalue weighted by atomic mass is 9.87. The van der Waals surface area contributed by atoms with Gasteiger partial charge in [0.25, 0.3) is 0 Å². The zero-order valence-corrected chi connectivity index (χ0v) is 22.5. The fourth-order valence-electron chi connectivity index (χ4n) is 6.44. The van der Waals surface area contributed by atoms with E-state index in [0.29, 0.717) is 24.4 Å². The third-order valence-corrected chi connectivity index (χ3v) is 8.21. The van der Waals surface area contributed by atoms with Crippen molar-refractivity contribution in [3.05, 3.63) is 52.8 Å². The van der Waals surface area contributed by atoms with Gasteiger partial charge in [-0.15, -0.1) is 0 Å². The molecule has 1 aliphatic heterocycles. The van der Waals surface area contributed by atoms with Gasteiger partial charge in [0.1, 0.15) is 0 Å². The van der Waals surface area contributed by atoms with Crippen LogP contribution in [0, 0.1) is 13.8 Å². The zero-order chi connectivity index (χ0) is 25.2. The highest BCUT2D eigenvalue weighted by molar-refractivity contribution is 5.92. The topological polar surface area (TPSA) is 61.0 Å². The molecule has 2 aliphatic rings. The first-order valence-electron chi connectivity index (χ1n) is 14.0. The second kappa shape index (κ2) is 10.8. The normalized spacial score (nSPS) is 18.2. The van der Waals surface area contributed by atoms with Gasteiger partial charge in [0.05, 0.1) is 12.2 Å². The highest BCUT2D eigenvalue weighted by Gasteiger charge is 2.25. The Morgan fingerprint density at radius 1 is 1.03 bits per heavy atom. The molecule has 0 atom stereocenters. The standard InChI is InChI=1S/C31H42N4O/c1-20(2)30-27-18-24(10-11-28(27)34-31(30)25-16-21(3)32-22(4)17-25)23-12-14-35(15-13-23)19-29(36)33-26-8-6-5-7-9-26/h10-11,16-18,20,23,26,34H,5-9,12-15,19H2,1-4H3,(H,33,36). The fourth-order valence-corrected chi connectivity index (χ4v) is 6.44. The maximum Gasteiger partial charge on any atom is 0.234 e. The largest absolute Gasteiger partial charge is 0.354 e. The number of carbonyl (C=O) groups is 1. The van der Waals surface area contributed by atoms with Crippen LogP contribution in [-0.4, -0.2) is 46.5 Å². The Kier molecular flexibility index (Phi) is 7.47. The molecule has 2 N–H and O–H groups in total. The van der Waals surface area contributed by atoms with Crippen LogP contribution in [0.15, 0.2) is 30.3 Å². The number of benzene rings is 1. The van der Waals surface area contributed by atoms with Crippen molar-refractivity contribution in [1.82, 2.24) is 20.2 Å². The van der Waals surface area contributed by atoms with E-state index in [2.05, 4.69) is 78.2 Å². The summed E-state index contributed by atoms with van der Waals surface area (Å²) in [6.07, 6.45) is 8.34. The fraction of sp³-hybridized carbons (Fsp3) is 0.548. The van der Waals surface area contributed by atoms with Crippen LogP contribution in [0.1, 0.15) is 93.1 Å². The molecule has 0 unspecified atom stereocenters. The van der Waals surface area contributed by atoms with Crippen molar-refractivity contribution in [2.75, 3.05) is 19.6 Å². The van der Waals surface area contributed by atoms with Crippen molar-refractivity contribution in [3.63, 3.8) is 0 Å². The lowest BCUT2D eigenvalue weighted by molar-refractivity contribution is -0.123. The lowest BCUT2D eigenvalue weighted by Gasteiger charge is -2.32. The summed E-state index contributed by atoms with van der Waals surface area (Å²) in [4.78, 5) is 23.2. The Labute approximate surface area is 216 Å². The molecule has 1 aliphatic carbocycles. The van der Waals surface area contributed by atoms with Crippen molar-refractivity contribution in [2.45, 2.75) is 90.5 Å². The highest BCUT2D eigenvalue weighted by Crippen LogP contribution is 2.38. The molecular formula is C31H42N4O. The van der Waals surface area contributed by atoms with E-state index in [-0.39, 0.29) is 5.91 Å². The van der Waals surface area contributed by atoms with Gasteiger partial charge in [0, 0.05) is 33.9 Å². The number of nitrogens with zero attached hydrogens (tertiary/aromatic N) is 2. The number of fused-ring (bicyclic) bond motifs is 1. The van der Waals surface area contributed by atoms with Gasteiger partial charge in [-0.2, -0.15) is 0 Å². The van der Waals surface area contributed by atoms with Gasteiger partial charge in [-0.3, -0.25) is 14.7 Å². The van der Waals surface area contributed by atoms with Crippen LogP contribution in [0.3, 0.4) is 0 Å². The van der Waals surface area contributed by atoms with E-state index in [9.17, 15) is 4.79 Å². The third kappa shape index (κ3) is 5.51. The van der Waals surface area contributed by atoms with Crippen LogP contribution in [0.5, 0.6) is 0 Å². The van der Waals surface area contributed by atoms with Gasteiger partial charge in [-0.05, 0) is 99.8 Å². The first-order chi connectivity index (χ1) is 17.4. The number of carbonyl (C=O) groups excluding carboxylic acids is 1. The van der Waals surface area contributed by atoms with Gasteiger partial charge in [0.15, 0.2) is 0 Å². The Bertz CT molecular complexity index is 1190. The summed E-state index contributed by atoms with van der Waals surface area (Å²) in [5, 5.41) is 4.63. The molecule has 1 aromatic carbocycles. The first kappa shape index (κ1) is 25.0. The van der Waals surface area contributed by atoms with Gasteiger partial charge in [0.2, 0.25) is 5.91 Å². The summed E-state index contributed by atoms with van der Waals surface area (Å²) < 4.78 is 0. The van der Waals surface area contributed by atoms with Gasteiger partial charge < -0.3 is 10.3 Å². The smallest absolute Gasteiger partial charge is 0.234 e. The van der Waals surface area contributed by atoms with E-state index >= 15 is 0 Å². The molecule has 0 bridgehead atoms. The molecule has 5 heteroatoms. The number of nitrogens with one attached hydrogen (secondary N) is 2. The van der Waals surface area contributed by atoms with Gasteiger partial charge in [-0.1, -0.05) is 39.2 Å². The SMILES string of the molecule is Cc1cc(-c2[nH]c3ccc(C4CCN(CC(=O)NC5CCCCC5)CC4)cc3c2C(C)C)cc(C)n1. The summed E-state index contributed by atoms with van der Waals surface area (Å²) in [5.74, 6) is 1.18. The highest BCUT2D eigenvalue weighted by atomic mass is 16.2. The maximum atomic E-state index is 12.6. The van der Waals surface area contributed by atoms with Crippen molar-refractivity contribution in [2.24, 2.45) is 0 Å². The molecule has 2 aromatic heterocycles. The minimum atomic E-state index is 0.213. The number of H-pyrrole nitrogens is 1. The number of aromatic nitrogens is 2. The monoisotopic (exact) mass is 486 g/mol. The first-order valence-corrected chi connectivity index (χ1v) is 14.0. The van der Waals surface area contributed by atoms with Crippen LogP contribution in [0.2, 0.25) is 0 Å². The molecule has 1 saturated carbocycles. The van der Waals surface area contributed by atoms with Crippen LogP contribution < -0.4 is 5.32 Å². The lowest BCUT2D eigenvalue weighted by Crippen LogP contribution is -2.44. The summed E-state index contributed by atoms with van der Waals surface area (Å²) in [5.41, 5.74) is 8.60. The summed E-state index contributed by atoms with van der Waals surface area (Å²) in [6.45, 7) is 11.2. The summed E-state index contributed by atoms with van der Waals surface area (Å²) in [7, 11) is 0. The predicted octanol–water partition coefficient (Wildman–Crippen LogP) is 6.60. The van der Waals surface area contributed by atoms with E-state index in [1.807, 2.05) is 0 Å². The number of hydrogen-bond acceptors (Lipinski definition) is 3. The van der Waals surface area contributed by atoms with Gasteiger partial charge >= 0.3 is 0 Å². The molecule has 2 fully saturated rings. The van der Waals surface area contributed by atoms with Crippen LogP contribution in [0.4, 0.5) is 0 Å². The molecular weight excluding hydrogens is 444 g/mol. The predicted molar refractivity (Wildman–Crippen MR) is 149 cm³/mol. The molecule has 36 heavy (non-hydrogen) atoms. The third-order valence-electron chi connectivity index (χ3n) is 8.21. The van der Waals surface area contributed by atoms with Crippen LogP contribution in [0.25, 0.3) is 22.2 Å². The minimum absolute atomic E-state index is 0.213.